The molecular formula is C25H31N5S. The summed E-state index contributed by atoms with van der Waals surface area (Å²) in [4.78, 5) is 10.2. The van der Waals surface area contributed by atoms with Crippen LogP contribution in [0.5, 0.6) is 0 Å². The third-order valence-corrected chi connectivity index (χ3v) is 6.59. The van der Waals surface area contributed by atoms with Crippen LogP contribution < -0.4 is 16.0 Å². The summed E-state index contributed by atoms with van der Waals surface area (Å²) in [5.74, 6) is 2.05. The van der Waals surface area contributed by atoms with E-state index in [2.05, 4.69) is 88.3 Å². The lowest BCUT2D eigenvalue weighted by Crippen LogP contribution is -2.27. The molecule has 0 atom stereocenters. The Bertz CT molecular complexity index is 1030. The minimum absolute atomic E-state index is 0.873. The Morgan fingerprint density at radius 2 is 1.65 bits per heavy atom. The minimum Gasteiger partial charge on any atom is -0.372 e. The second kappa shape index (κ2) is 10.4. The molecular weight excluding hydrogens is 402 g/mol. The molecule has 5 rings (SSSR count). The predicted molar refractivity (Wildman–Crippen MR) is 135 cm³/mol. The van der Waals surface area contributed by atoms with Gasteiger partial charge in [-0.1, -0.05) is 50.2 Å². The first-order valence-corrected chi connectivity index (χ1v) is 12.0. The summed E-state index contributed by atoms with van der Waals surface area (Å²) in [7, 11) is 0. The maximum Gasteiger partial charge on any atom is 0.195 e. The number of aliphatic imine (C=N–C) groups is 2. The van der Waals surface area contributed by atoms with E-state index in [1.165, 1.54) is 31.8 Å². The zero-order chi connectivity index (χ0) is 21.5. The summed E-state index contributed by atoms with van der Waals surface area (Å²) in [5, 5.41) is 11.3. The van der Waals surface area contributed by atoms with Gasteiger partial charge in [-0.05, 0) is 41.5 Å². The summed E-state index contributed by atoms with van der Waals surface area (Å²) >= 11 is 1.86. The lowest BCUT2D eigenvalue weighted by molar-refractivity contribution is 0.954. The Morgan fingerprint density at radius 1 is 0.903 bits per heavy atom. The second-order valence-corrected chi connectivity index (χ2v) is 8.79. The van der Waals surface area contributed by atoms with Crippen molar-refractivity contribution in [2.75, 3.05) is 31.5 Å². The minimum atomic E-state index is 0.873. The van der Waals surface area contributed by atoms with E-state index in [0.717, 1.165) is 57.2 Å². The van der Waals surface area contributed by atoms with Crippen molar-refractivity contribution in [2.45, 2.75) is 33.1 Å². The van der Waals surface area contributed by atoms with Crippen LogP contribution >= 0.6 is 11.3 Å². The van der Waals surface area contributed by atoms with E-state index in [1.807, 2.05) is 11.3 Å². The highest BCUT2D eigenvalue weighted by Gasteiger charge is 2.11. The standard InChI is InChI=1S/C13H19N3.C12H12N2S/c1-3-10-6-5-7-11(4-2)12(10)16-13-14-8-9-15-13;1-2-4-11-9(3-1)7-10(15-11)8-12-13-5-6-14-12/h5-7H,3-4,8-9H2,1-2H3,(H2,14,15,16);1-4,7H,5-6,8H2,(H,13,14). The molecule has 0 saturated heterocycles. The van der Waals surface area contributed by atoms with Crippen molar-refractivity contribution < 1.29 is 0 Å². The highest BCUT2D eigenvalue weighted by atomic mass is 32.1. The molecule has 2 aliphatic rings. The molecule has 1 aromatic heterocycles. The molecule has 0 unspecified atom stereocenters. The normalized spacial score (nSPS) is 14.9. The number of hydrogen-bond acceptors (Lipinski definition) is 6. The molecule has 0 fully saturated rings. The lowest BCUT2D eigenvalue weighted by Gasteiger charge is -2.15. The maximum atomic E-state index is 4.41. The van der Waals surface area contributed by atoms with Crippen LogP contribution in [-0.4, -0.2) is 38.0 Å². The zero-order valence-electron chi connectivity index (χ0n) is 18.4. The van der Waals surface area contributed by atoms with Gasteiger partial charge in [0.15, 0.2) is 5.96 Å². The van der Waals surface area contributed by atoms with Crippen LogP contribution in [0.1, 0.15) is 29.9 Å². The number of nitrogens with zero attached hydrogens (tertiary/aromatic N) is 2. The highest BCUT2D eigenvalue weighted by molar-refractivity contribution is 7.19. The summed E-state index contributed by atoms with van der Waals surface area (Å²) in [6, 6.07) is 17.3. The number of thiophene rings is 1. The van der Waals surface area contributed by atoms with E-state index in [-0.39, 0.29) is 0 Å². The van der Waals surface area contributed by atoms with Gasteiger partial charge in [0.2, 0.25) is 0 Å². The number of benzene rings is 2. The average Bonchev–Trinajstić information content (AvgIpc) is 3.56. The lowest BCUT2D eigenvalue weighted by atomic mass is 10.0. The molecule has 0 radical (unpaired) electrons. The smallest absolute Gasteiger partial charge is 0.195 e. The van der Waals surface area contributed by atoms with Crippen LogP contribution in [0.15, 0.2) is 58.5 Å². The number of fused-ring (bicyclic) bond motifs is 1. The van der Waals surface area contributed by atoms with Gasteiger partial charge >= 0.3 is 0 Å². The Labute approximate surface area is 188 Å². The first kappa shape index (κ1) is 21.4. The average molecular weight is 434 g/mol. The molecule has 5 nitrogen and oxygen atoms in total. The molecule has 6 heteroatoms. The molecule has 0 aliphatic carbocycles. The fourth-order valence-corrected chi connectivity index (χ4v) is 4.93. The number of amidine groups is 1. The van der Waals surface area contributed by atoms with Crippen LogP contribution in [0.2, 0.25) is 0 Å². The number of anilines is 1. The predicted octanol–water partition coefficient (Wildman–Crippen LogP) is 4.63. The van der Waals surface area contributed by atoms with Crippen molar-refractivity contribution in [1.82, 2.24) is 10.6 Å². The molecule has 3 heterocycles. The fraction of sp³-hybridized carbons (Fsp3) is 0.360. The van der Waals surface area contributed by atoms with Gasteiger partial charge in [0.1, 0.15) is 5.84 Å². The van der Waals surface area contributed by atoms with Gasteiger partial charge in [-0.15, -0.1) is 11.3 Å². The van der Waals surface area contributed by atoms with E-state index in [1.54, 1.807) is 0 Å². The third kappa shape index (κ3) is 5.44. The summed E-state index contributed by atoms with van der Waals surface area (Å²) in [5.41, 5.74) is 3.95. The fourth-order valence-electron chi connectivity index (χ4n) is 3.86. The largest absolute Gasteiger partial charge is 0.372 e. The van der Waals surface area contributed by atoms with Crippen LogP contribution in [0.3, 0.4) is 0 Å². The Balaban J connectivity index is 0.000000149. The monoisotopic (exact) mass is 433 g/mol. The maximum absolute atomic E-state index is 4.41. The molecule has 0 spiro atoms. The molecule has 2 aliphatic heterocycles. The van der Waals surface area contributed by atoms with Gasteiger partial charge < -0.3 is 16.0 Å². The Morgan fingerprint density at radius 3 is 2.29 bits per heavy atom. The highest BCUT2D eigenvalue weighted by Crippen LogP contribution is 2.26. The molecule has 2 aromatic carbocycles. The SMILES string of the molecule is CCc1cccc(CC)c1NC1=NCCN1.c1ccc2sc(CC3=NCCN3)cc2c1. The van der Waals surface area contributed by atoms with Crippen molar-refractivity contribution >= 4 is 38.9 Å². The van der Waals surface area contributed by atoms with Gasteiger partial charge in [0.25, 0.3) is 0 Å². The summed E-state index contributed by atoms with van der Waals surface area (Å²) < 4.78 is 1.37. The quantitative estimate of drug-likeness (QED) is 0.550. The number of hydrogen-bond donors (Lipinski definition) is 3. The molecule has 3 aromatic rings. The van der Waals surface area contributed by atoms with Crippen molar-refractivity contribution in [2.24, 2.45) is 9.98 Å². The van der Waals surface area contributed by atoms with Crippen molar-refractivity contribution in [3.05, 3.63) is 64.5 Å². The number of nitrogens with one attached hydrogen (secondary N) is 3. The van der Waals surface area contributed by atoms with E-state index in [9.17, 15) is 0 Å². The zero-order valence-corrected chi connectivity index (χ0v) is 19.2. The molecule has 31 heavy (non-hydrogen) atoms. The number of rotatable bonds is 5. The molecule has 0 amide bonds. The van der Waals surface area contributed by atoms with Crippen molar-refractivity contribution in [1.29, 1.82) is 0 Å². The van der Waals surface area contributed by atoms with E-state index in [4.69, 9.17) is 0 Å². The molecule has 0 bridgehead atoms. The molecule has 162 valence electrons. The van der Waals surface area contributed by atoms with Crippen LogP contribution in [-0.2, 0) is 19.3 Å². The Hall–Kier alpha value is -2.86. The Kier molecular flexibility index (Phi) is 7.20. The van der Waals surface area contributed by atoms with Crippen molar-refractivity contribution in [3.63, 3.8) is 0 Å². The van der Waals surface area contributed by atoms with Crippen LogP contribution in [0.4, 0.5) is 5.69 Å². The van der Waals surface area contributed by atoms with E-state index in [0.29, 0.717) is 0 Å². The molecule has 0 saturated carbocycles. The topological polar surface area (TPSA) is 60.8 Å². The van der Waals surface area contributed by atoms with E-state index < -0.39 is 0 Å². The van der Waals surface area contributed by atoms with Gasteiger partial charge in [0.05, 0.1) is 13.1 Å². The second-order valence-electron chi connectivity index (χ2n) is 7.62. The van der Waals surface area contributed by atoms with Gasteiger partial charge in [-0.2, -0.15) is 0 Å². The van der Waals surface area contributed by atoms with Crippen molar-refractivity contribution in [3.8, 4) is 0 Å². The van der Waals surface area contributed by atoms with Gasteiger partial charge in [-0.25, -0.2) is 0 Å². The summed E-state index contributed by atoms with van der Waals surface area (Å²) in [6.45, 7) is 8.12. The third-order valence-electron chi connectivity index (χ3n) is 5.48. The van der Waals surface area contributed by atoms with Crippen LogP contribution in [0, 0.1) is 0 Å². The van der Waals surface area contributed by atoms with Gasteiger partial charge in [0, 0.05) is 34.8 Å². The number of guanidine groups is 1. The number of para-hydroxylation sites is 1. The first-order valence-electron chi connectivity index (χ1n) is 11.2. The van der Waals surface area contributed by atoms with Crippen LogP contribution in [0.25, 0.3) is 10.1 Å². The number of aryl methyl sites for hydroxylation is 2. The van der Waals surface area contributed by atoms with Gasteiger partial charge in [-0.3, -0.25) is 9.98 Å². The van der Waals surface area contributed by atoms with E-state index >= 15 is 0 Å². The first-order chi connectivity index (χ1) is 15.3. The molecule has 3 N–H and O–H groups in total. The summed E-state index contributed by atoms with van der Waals surface area (Å²) in [6.07, 6.45) is 3.05.